The number of sulfonamides is 1. The van der Waals surface area contributed by atoms with Crippen LogP contribution in [0.5, 0.6) is 0 Å². The van der Waals surface area contributed by atoms with Crippen LogP contribution in [0.2, 0.25) is 0 Å². The van der Waals surface area contributed by atoms with Crippen LogP contribution in [0.1, 0.15) is 18.1 Å². The highest BCUT2D eigenvalue weighted by molar-refractivity contribution is 7.89. The third-order valence-corrected chi connectivity index (χ3v) is 6.17. The first-order valence-electron chi connectivity index (χ1n) is 8.92. The molecule has 2 aromatic heterocycles. The molecule has 0 amide bonds. The van der Waals surface area contributed by atoms with Crippen LogP contribution in [0.15, 0.2) is 58.2 Å². The van der Waals surface area contributed by atoms with Crippen LogP contribution in [0.4, 0.5) is 0 Å². The Hall–Kier alpha value is -2.42. The number of aromatic amines is 1. The minimum atomic E-state index is -3.72. The van der Waals surface area contributed by atoms with E-state index in [1.807, 2.05) is 13.0 Å². The van der Waals surface area contributed by atoms with Crippen molar-refractivity contribution in [3.8, 4) is 11.5 Å². The van der Waals surface area contributed by atoms with Crippen molar-refractivity contribution in [3.63, 3.8) is 0 Å². The summed E-state index contributed by atoms with van der Waals surface area (Å²) in [5, 5.41) is 6.51. The fraction of sp³-hybridized carbons (Fsp3) is 0.316. The van der Waals surface area contributed by atoms with Gasteiger partial charge in [0.15, 0.2) is 5.76 Å². The Morgan fingerprint density at radius 3 is 2.81 bits per heavy atom. The van der Waals surface area contributed by atoms with Gasteiger partial charge in [0.2, 0.25) is 5.09 Å². The number of hydrogen-bond donors (Lipinski definition) is 2. The zero-order chi connectivity index (χ0) is 18.9. The van der Waals surface area contributed by atoms with E-state index in [0.717, 1.165) is 19.5 Å². The summed E-state index contributed by atoms with van der Waals surface area (Å²) in [6.07, 6.45) is 2.57. The van der Waals surface area contributed by atoms with Crippen LogP contribution in [0.3, 0.4) is 0 Å². The lowest BCUT2D eigenvalue weighted by atomic mass is 10.00. The second-order valence-corrected chi connectivity index (χ2v) is 8.51. The summed E-state index contributed by atoms with van der Waals surface area (Å²) < 4.78 is 33.4. The zero-order valence-corrected chi connectivity index (χ0v) is 15.9. The lowest BCUT2D eigenvalue weighted by Crippen LogP contribution is -2.43. The van der Waals surface area contributed by atoms with Gasteiger partial charge in [0.1, 0.15) is 5.69 Å². The predicted octanol–water partition coefficient (Wildman–Crippen LogP) is 2.39. The second kappa shape index (κ2) is 7.30. The van der Waals surface area contributed by atoms with E-state index in [9.17, 15) is 8.42 Å². The topological polar surface area (TPSA) is 91.2 Å². The van der Waals surface area contributed by atoms with E-state index in [1.165, 1.54) is 17.2 Å². The monoisotopic (exact) mass is 386 g/mol. The average Bonchev–Trinajstić information content (AvgIpc) is 3.32. The van der Waals surface area contributed by atoms with Gasteiger partial charge < -0.3 is 4.42 Å². The Labute approximate surface area is 158 Å². The van der Waals surface area contributed by atoms with Gasteiger partial charge in [-0.15, -0.1) is 0 Å². The fourth-order valence-electron chi connectivity index (χ4n) is 3.46. The van der Waals surface area contributed by atoms with Crippen molar-refractivity contribution in [2.24, 2.45) is 0 Å². The number of aromatic nitrogens is 2. The number of fused-ring (bicyclic) bond motifs is 1. The Bertz CT molecular complexity index is 1010. The third-order valence-electron chi connectivity index (χ3n) is 4.71. The molecule has 0 saturated carbocycles. The number of furan rings is 1. The van der Waals surface area contributed by atoms with E-state index < -0.39 is 10.0 Å². The number of H-pyrrole nitrogens is 1. The highest BCUT2D eigenvalue weighted by atomic mass is 32.2. The molecule has 1 unspecified atom stereocenters. The molecule has 0 saturated heterocycles. The molecule has 27 heavy (non-hydrogen) atoms. The van der Waals surface area contributed by atoms with Gasteiger partial charge in [-0.05, 0) is 42.7 Å². The van der Waals surface area contributed by atoms with E-state index in [2.05, 4.69) is 38.0 Å². The molecule has 4 rings (SSSR count). The molecule has 3 aromatic rings. The molecule has 8 heteroatoms. The predicted molar refractivity (Wildman–Crippen MR) is 101 cm³/mol. The molecule has 0 fully saturated rings. The lowest BCUT2D eigenvalue weighted by molar-refractivity contribution is 0.237. The first-order valence-corrected chi connectivity index (χ1v) is 10.4. The van der Waals surface area contributed by atoms with Crippen LogP contribution in [0, 0.1) is 0 Å². The highest BCUT2D eigenvalue weighted by Crippen LogP contribution is 2.23. The molecule has 3 heterocycles. The van der Waals surface area contributed by atoms with Crippen molar-refractivity contribution in [2.45, 2.75) is 31.0 Å². The smallest absolute Gasteiger partial charge is 0.274 e. The number of rotatable bonds is 6. The molecule has 7 nitrogen and oxygen atoms in total. The number of nitrogens with one attached hydrogen (secondary N) is 2. The molecule has 1 aliphatic rings. The minimum absolute atomic E-state index is 0.0945. The molecular weight excluding hydrogens is 364 g/mol. The summed E-state index contributed by atoms with van der Waals surface area (Å²) in [5.74, 6) is 0.438. The van der Waals surface area contributed by atoms with Gasteiger partial charge in [0.05, 0.1) is 0 Å². The molecule has 1 aliphatic heterocycles. The molecule has 0 spiro atoms. The molecular formula is C19H22N4O3S. The van der Waals surface area contributed by atoms with E-state index in [4.69, 9.17) is 4.42 Å². The number of hydrogen-bond acceptors (Lipinski definition) is 5. The average molecular weight is 386 g/mol. The van der Waals surface area contributed by atoms with Crippen LogP contribution in [-0.2, 0) is 23.0 Å². The first-order chi connectivity index (χ1) is 13.0. The van der Waals surface area contributed by atoms with Crippen LogP contribution >= 0.6 is 0 Å². The summed E-state index contributed by atoms with van der Waals surface area (Å²) >= 11 is 0. The second-order valence-electron chi connectivity index (χ2n) is 6.87. The Balaban J connectivity index is 1.40. The summed E-state index contributed by atoms with van der Waals surface area (Å²) in [5.41, 5.74) is 3.33. The normalized spacial score (nSPS) is 16.2. The summed E-state index contributed by atoms with van der Waals surface area (Å²) in [6.45, 7) is 4.28. The first kappa shape index (κ1) is 18.0. The molecule has 0 radical (unpaired) electrons. The lowest BCUT2D eigenvalue weighted by Gasteiger charge is -2.30. The Morgan fingerprint density at radius 1 is 1.22 bits per heavy atom. The van der Waals surface area contributed by atoms with Gasteiger partial charge >= 0.3 is 0 Å². The number of benzene rings is 1. The summed E-state index contributed by atoms with van der Waals surface area (Å²) in [6, 6.07) is 13.0. The minimum Gasteiger partial charge on any atom is -0.442 e. The number of nitrogens with zero attached hydrogens (tertiary/aromatic N) is 2. The molecule has 2 N–H and O–H groups in total. The molecule has 1 aromatic carbocycles. The quantitative estimate of drug-likeness (QED) is 0.679. The summed E-state index contributed by atoms with van der Waals surface area (Å²) in [4.78, 5) is 2.27. The SMILES string of the molecule is CC(CN1CCc2ccccc2C1)NS(=O)(=O)c1ccc(-c2ccn[nH]2)o1. The maximum absolute atomic E-state index is 12.6. The fourth-order valence-corrected chi connectivity index (χ4v) is 4.63. The molecule has 1 atom stereocenters. The zero-order valence-electron chi connectivity index (χ0n) is 15.1. The van der Waals surface area contributed by atoms with Crippen molar-refractivity contribution in [2.75, 3.05) is 13.1 Å². The Morgan fingerprint density at radius 2 is 2.04 bits per heavy atom. The van der Waals surface area contributed by atoms with Gasteiger partial charge in [-0.3, -0.25) is 10.00 Å². The van der Waals surface area contributed by atoms with E-state index in [0.29, 0.717) is 18.0 Å². The van der Waals surface area contributed by atoms with E-state index >= 15 is 0 Å². The highest BCUT2D eigenvalue weighted by Gasteiger charge is 2.24. The van der Waals surface area contributed by atoms with Crippen molar-refractivity contribution in [1.29, 1.82) is 0 Å². The van der Waals surface area contributed by atoms with Gasteiger partial charge in [0, 0.05) is 31.9 Å². The third kappa shape index (κ3) is 3.97. The molecule has 142 valence electrons. The van der Waals surface area contributed by atoms with Crippen molar-refractivity contribution in [1.82, 2.24) is 19.8 Å². The van der Waals surface area contributed by atoms with Gasteiger partial charge in [-0.1, -0.05) is 24.3 Å². The van der Waals surface area contributed by atoms with Gasteiger partial charge in [-0.2, -0.15) is 5.10 Å². The van der Waals surface area contributed by atoms with Crippen LogP contribution in [0.25, 0.3) is 11.5 Å². The van der Waals surface area contributed by atoms with Gasteiger partial charge in [-0.25, -0.2) is 13.1 Å². The molecule has 0 bridgehead atoms. The molecule has 0 aliphatic carbocycles. The maximum Gasteiger partial charge on any atom is 0.274 e. The van der Waals surface area contributed by atoms with Crippen LogP contribution < -0.4 is 4.72 Å². The van der Waals surface area contributed by atoms with Crippen molar-refractivity contribution >= 4 is 10.0 Å². The largest absolute Gasteiger partial charge is 0.442 e. The standard InChI is InChI=1S/C19H22N4O3S/c1-14(12-23-11-9-15-4-2-3-5-16(15)13-23)22-27(24,25)19-7-6-18(26-19)17-8-10-20-21-17/h2-8,10,14,22H,9,11-13H2,1H3,(H,20,21). The van der Waals surface area contributed by atoms with E-state index in [1.54, 1.807) is 18.3 Å². The van der Waals surface area contributed by atoms with Crippen molar-refractivity contribution < 1.29 is 12.8 Å². The van der Waals surface area contributed by atoms with Crippen molar-refractivity contribution in [3.05, 3.63) is 59.8 Å². The summed E-state index contributed by atoms with van der Waals surface area (Å²) in [7, 11) is -3.72. The van der Waals surface area contributed by atoms with Gasteiger partial charge in [0.25, 0.3) is 10.0 Å². The van der Waals surface area contributed by atoms with Crippen LogP contribution in [-0.4, -0.2) is 42.6 Å². The Kier molecular flexibility index (Phi) is 4.86. The maximum atomic E-state index is 12.6. The van der Waals surface area contributed by atoms with E-state index in [-0.39, 0.29) is 11.1 Å².